The first kappa shape index (κ1) is 20.7. The van der Waals surface area contributed by atoms with E-state index in [1.807, 2.05) is 13.8 Å². The molecule has 0 aliphatic carbocycles. The zero-order chi connectivity index (χ0) is 18.1. The van der Waals surface area contributed by atoms with Gasteiger partial charge in [-0.1, -0.05) is 29.3 Å². The van der Waals surface area contributed by atoms with E-state index >= 15 is 0 Å². The Balaban J connectivity index is 2.49. The van der Waals surface area contributed by atoms with Gasteiger partial charge in [0.15, 0.2) is 0 Å². The second-order valence-electron chi connectivity index (χ2n) is 5.57. The summed E-state index contributed by atoms with van der Waals surface area (Å²) in [6, 6.07) is 3.84. The number of carbonyl (C=O) groups excluding carboxylic acids is 2. The SMILES string of the molecule is CC(C)OCCC[NH2+][C@H](CC(=O)Nc1c(Cl)cccc1Cl)C(=O)[O-]. The monoisotopic (exact) mass is 376 g/mol. The number of halogens is 2. The van der Waals surface area contributed by atoms with Crippen LogP contribution in [0.15, 0.2) is 18.2 Å². The Kier molecular flexibility index (Phi) is 9.07. The highest BCUT2D eigenvalue weighted by molar-refractivity contribution is 6.39. The van der Waals surface area contributed by atoms with E-state index in [9.17, 15) is 14.7 Å². The molecule has 0 aliphatic heterocycles. The minimum atomic E-state index is -1.29. The summed E-state index contributed by atoms with van der Waals surface area (Å²) in [6.45, 7) is 4.91. The molecule has 1 atom stereocenters. The van der Waals surface area contributed by atoms with Gasteiger partial charge in [-0.3, -0.25) is 4.79 Å². The number of nitrogens with one attached hydrogen (secondary N) is 1. The van der Waals surface area contributed by atoms with Crippen LogP contribution in [0.3, 0.4) is 0 Å². The van der Waals surface area contributed by atoms with Crippen LogP contribution in [0.1, 0.15) is 26.7 Å². The zero-order valence-electron chi connectivity index (χ0n) is 13.7. The molecule has 0 heterocycles. The molecule has 1 amide bonds. The highest BCUT2D eigenvalue weighted by atomic mass is 35.5. The molecule has 24 heavy (non-hydrogen) atoms. The number of rotatable bonds is 10. The lowest BCUT2D eigenvalue weighted by atomic mass is 10.2. The molecule has 134 valence electrons. The van der Waals surface area contributed by atoms with Crippen molar-refractivity contribution in [2.75, 3.05) is 18.5 Å². The van der Waals surface area contributed by atoms with E-state index < -0.39 is 17.9 Å². The second-order valence-corrected chi connectivity index (χ2v) is 6.39. The first-order valence-corrected chi connectivity index (χ1v) is 8.46. The molecule has 0 aliphatic rings. The normalized spacial score (nSPS) is 12.2. The molecule has 0 saturated heterocycles. The van der Waals surface area contributed by atoms with Crippen LogP contribution in [0, 0.1) is 0 Å². The maximum atomic E-state index is 12.0. The second kappa shape index (κ2) is 10.5. The number of anilines is 1. The van der Waals surface area contributed by atoms with Gasteiger partial charge in [-0.05, 0) is 26.0 Å². The Labute approximate surface area is 151 Å². The van der Waals surface area contributed by atoms with Crippen LogP contribution >= 0.6 is 23.2 Å². The van der Waals surface area contributed by atoms with Crippen molar-refractivity contribution in [1.29, 1.82) is 0 Å². The largest absolute Gasteiger partial charge is 0.544 e. The molecule has 1 aromatic carbocycles. The molecule has 0 unspecified atom stereocenters. The summed E-state index contributed by atoms with van der Waals surface area (Å²) in [7, 11) is 0. The van der Waals surface area contributed by atoms with Crippen LogP contribution in [0.2, 0.25) is 10.0 Å². The van der Waals surface area contributed by atoms with Gasteiger partial charge in [0.2, 0.25) is 5.91 Å². The smallest absolute Gasteiger partial charge is 0.230 e. The van der Waals surface area contributed by atoms with Crippen molar-refractivity contribution < 1.29 is 24.7 Å². The number of ether oxygens (including phenoxy) is 1. The standard InChI is InChI=1S/C16H22Cl2N2O4/c1-10(2)24-8-4-7-19-13(16(22)23)9-14(21)20-15-11(17)5-3-6-12(15)18/h3,5-6,10,13,19H,4,7-9H2,1-2H3,(H,20,21)(H,22,23)/t13-/m1/s1. The van der Waals surface area contributed by atoms with E-state index in [0.717, 1.165) is 0 Å². The van der Waals surface area contributed by atoms with Crippen molar-refractivity contribution in [3.05, 3.63) is 28.2 Å². The van der Waals surface area contributed by atoms with Crippen LogP contribution in [-0.2, 0) is 14.3 Å². The lowest BCUT2D eigenvalue weighted by Crippen LogP contribution is -2.93. The fraction of sp³-hybridized carbons (Fsp3) is 0.500. The van der Waals surface area contributed by atoms with Gasteiger partial charge in [-0.15, -0.1) is 0 Å². The zero-order valence-corrected chi connectivity index (χ0v) is 15.2. The number of para-hydroxylation sites is 1. The van der Waals surface area contributed by atoms with Crippen LogP contribution in [0.25, 0.3) is 0 Å². The Bertz CT molecular complexity index is 547. The minimum absolute atomic E-state index is 0.132. The van der Waals surface area contributed by atoms with Gasteiger partial charge < -0.3 is 25.3 Å². The van der Waals surface area contributed by atoms with Crippen LogP contribution in [0.4, 0.5) is 5.69 Å². The van der Waals surface area contributed by atoms with E-state index in [1.54, 1.807) is 23.5 Å². The third kappa shape index (κ3) is 7.49. The number of hydrogen-bond donors (Lipinski definition) is 2. The lowest BCUT2D eigenvalue weighted by molar-refractivity contribution is -0.682. The number of benzene rings is 1. The Morgan fingerprint density at radius 1 is 1.29 bits per heavy atom. The Hall–Kier alpha value is -1.34. The molecule has 6 nitrogen and oxygen atoms in total. The van der Waals surface area contributed by atoms with Crippen molar-refractivity contribution in [1.82, 2.24) is 0 Å². The maximum Gasteiger partial charge on any atom is 0.230 e. The quantitative estimate of drug-likeness (QED) is 0.591. The molecule has 0 radical (unpaired) electrons. The van der Waals surface area contributed by atoms with Gasteiger partial charge in [-0.2, -0.15) is 0 Å². The first-order valence-electron chi connectivity index (χ1n) is 7.71. The fourth-order valence-electron chi connectivity index (χ4n) is 1.99. The van der Waals surface area contributed by atoms with E-state index in [2.05, 4.69) is 5.32 Å². The summed E-state index contributed by atoms with van der Waals surface area (Å²) in [5.74, 6) is -1.78. The lowest BCUT2D eigenvalue weighted by Gasteiger charge is -2.17. The third-order valence-corrected chi connectivity index (χ3v) is 3.82. The molecule has 1 aromatic rings. The Morgan fingerprint density at radius 3 is 2.46 bits per heavy atom. The topological polar surface area (TPSA) is 95.1 Å². The van der Waals surface area contributed by atoms with Gasteiger partial charge in [0, 0.05) is 6.42 Å². The van der Waals surface area contributed by atoms with Crippen molar-refractivity contribution in [3.63, 3.8) is 0 Å². The maximum absolute atomic E-state index is 12.0. The molecule has 8 heteroatoms. The molecular formula is C16H22Cl2N2O4. The molecule has 0 aromatic heterocycles. The minimum Gasteiger partial charge on any atom is -0.544 e. The van der Waals surface area contributed by atoms with Crippen LogP contribution < -0.4 is 15.7 Å². The van der Waals surface area contributed by atoms with Gasteiger partial charge in [0.25, 0.3) is 0 Å². The molecule has 0 spiro atoms. The number of carboxylic acid groups (broad SMARTS) is 1. The number of amides is 1. The molecular weight excluding hydrogens is 355 g/mol. The Morgan fingerprint density at radius 2 is 1.92 bits per heavy atom. The van der Waals surface area contributed by atoms with E-state index in [-0.39, 0.29) is 28.3 Å². The number of carbonyl (C=O) groups is 2. The molecule has 0 bridgehead atoms. The predicted octanol–water partition coefficient (Wildman–Crippen LogP) is 0.819. The van der Waals surface area contributed by atoms with E-state index in [1.165, 1.54) is 0 Å². The summed E-state index contributed by atoms with van der Waals surface area (Å²) in [6.07, 6.45) is 0.572. The van der Waals surface area contributed by atoms with Crippen LogP contribution in [0.5, 0.6) is 0 Å². The fourth-order valence-corrected chi connectivity index (χ4v) is 2.48. The number of hydrogen-bond acceptors (Lipinski definition) is 4. The molecule has 0 saturated carbocycles. The average molecular weight is 377 g/mol. The molecule has 0 fully saturated rings. The highest BCUT2D eigenvalue weighted by Gasteiger charge is 2.19. The predicted molar refractivity (Wildman–Crippen MR) is 91.0 cm³/mol. The molecule has 1 rings (SSSR count). The summed E-state index contributed by atoms with van der Waals surface area (Å²) < 4.78 is 5.38. The van der Waals surface area contributed by atoms with E-state index in [4.69, 9.17) is 27.9 Å². The number of quaternary nitrogens is 1. The number of aliphatic carboxylic acids is 1. The van der Waals surface area contributed by atoms with Gasteiger partial charge in [0.05, 0.1) is 47.4 Å². The summed E-state index contributed by atoms with van der Waals surface area (Å²) in [5.41, 5.74) is 0.272. The summed E-state index contributed by atoms with van der Waals surface area (Å²) in [5, 5.41) is 15.9. The van der Waals surface area contributed by atoms with Crippen molar-refractivity contribution in [3.8, 4) is 0 Å². The van der Waals surface area contributed by atoms with Crippen LogP contribution in [-0.4, -0.2) is 37.2 Å². The average Bonchev–Trinajstić information content (AvgIpc) is 2.49. The van der Waals surface area contributed by atoms with Gasteiger partial charge >= 0.3 is 0 Å². The van der Waals surface area contributed by atoms with Crippen molar-refractivity contribution in [2.24, 2.45) is 0 Å². The number of carboxylic acids is 1. The highest BCUT2D eigenvalue weighted by Crippen LogP contribution is 2.29. The van der Waals surface area contributed by atoms with Crippen molar-refractivity contribution in [2.45, 2.75) is 38.8 Å². The molecule has 3 N–H and O–H groups in total. The first-order chi connectivity index (χ1) is 11.3. The third-order valence-electron chi connectivity index (χ3n) is 3.19. The van der Waals surface area contributed by atoms with E-state index in [0.29, 0.717) is 19.6 Å². The number of nitrogens with two attached hydrogens (primary N) is 1. The van der Waals surface area contributed by atoms with Gasteiger partial charge in [0.1, 0.15) is 6.04 Å². The van der Waals surface area contributed by atoms with Gasteiger partial charge in [-0.25, -0.2) is 0 Å². The van der Waals surface area contributed by atoms with Crippen molar-refractivity contribution >= 4 is 40.8 Å². The summed E-state index contributed by atoms with van der Waals surface area (Å²) in [4.78, 5) is 23.2. The summed E-state index contributed by atoms with van der Waals surface area (Å²) >= 11 is 11.9.